The molecule has 1 amide bonds. The minimum Gasteiger partial charge on any atom is -0.352 e. The maximum atomic E-state index is 14.3. The Balaban J connectivity index is 1.65. The highest BCUT2D eigenvalue weighted by molar-refractivity contribution is 6.32. The number of rotatable bonds is 3. The largest absolute Gasteiger partial charge is 0.352 e. The van der Waals surface area contributed by atoms with Crippen molar-refractivity contribution >= 4 is 40.7 Å². The molecule has 1 spiro atoms. The second kappa shape index (κ2) is 8.06. The Morgan fingerprint density at radius 3 is 2.14 bits per heavy atom. The summed E-state index contributed by atoms with van der Waals surface area (Å²) < 4.78 is 14.0. The standard InChI is InChI=1S/C30H23FN2O4/c1-16(34)27-26(18-10-12-19(31)13-11-18)30(28(36)20-6-3-4-7-21(20)29(30)37)25-15-14-22-23(32-17(2)35)8-5-9-24(22)33(25)27/h3-15,25-27H,1-2H3,(H,32,35)/t25-,26-,27+/m0/s1. The second-order valence-electron chi connectivity index (χ2n) is 9.79. The maximum absolute atomic E-state index is 14.3. The van der Waals surface area contributed by atoms with Crippen LogP contribution in [0.25, 0.3) is 6.08 Å². The van der Waals surface area contributed by atoms with Crippen LogP contribution < -0.4 is 10.2 Å². The van der Waals surface area contributed by atoms with Gasteiger partial charge in [-0.2, -0.15) is 0 Å². The molecule has 1 saturated heterocycles. The van der Waals surface area contributed by atoms with Crippen molar-refractivity contribution < 1.29 is 23.6 Å². The van der Waals surface area contributed by atoms with E-state index in [2.05, 4.69) is 5.32 Å². The zero-order valence-corrected chi connectivity index (χ0v) is 20.2. The van der Waals surface area contributed by atoms with E-state index in [4.69, 9.17) is 0 Å². The molecule has 6 rings (SSSR count). The molecule has 0 saturated carbocycles. The lowest BCUT2D eigenvalue weighted by molar-refractivity contribution is -0.118. The lowest BCUT2D eigenvalue weighted by Crippen LogP contribution is -2.48. The fourth-order valence-electron chi connectivity index (χ4n) is 6.49. The summed E-state index contributed by atoms with van der Waals surface area (Å²) >= 11 is 0. The minimum absolute atomic E-state index is 0.223. The van der Waals surface area contributed by atoms with E-state index < -0.39 is 29.2 Å². The fourth-order valence-corrected chi connectivity index (χ4v) is 6.49. The van der Waals surface area contributed by atoms with E-state index in [1.165, 1.54) is 26.0 Å². The highest BCUT2D eigenvalue weighted by Crippen LogP contribution is 2.61. The molecule has 2 heterocycles. The number of Topliss-reactive ketones (excluding diaryl/α,β-unsaturated/α-hetero) is 3. The Labute approximate surface area is 212 Å². The number of carbonyl (C=O) groups excluding carboxylic acids is 4. The van der Waals surface area contributed by atoms with Gasteiger partial charge >= 0.3 is 0 Å². The molecule has 0 bridgehead atoms. The molecule has 3 aromatic rings. The van der Waals surface area contributed by atoms with Gasteiger partial charge < -0.3 is 10.2 Å². The molecule has 1 aliphatic carbocycles. The predicted octanol–water partition coefficient (Wildman–Crippen LogP) is 4.81. The van der Waals surface area contributed by atoms with Crippen LogP contribution in [0.5, 0.6) is 0 Å². The SMILES string of the molecule is CC(=O)Nc1cccc2c1C=C[C@@H]1N2[C@H](C(C)=O)[C@H](c2ccc(F)cc2)C12C(=O)c1ccccc1C2=O. The molecule has 0 aromatic heterocycles. The Bertz CT molecular complexity index is 1510. The van der Waals surface area contributed by atoms with Gasteiger partial charge in [-0.3, -0.25) is 19.2 Å². The molecule has 1 fully saturated rings. The average Bonchev–Trinajstić information content (AvgIpc) is 3.31. The average molecular weight is 495 g/mol. The van der Waals surface area contributed by atoms with Crippen LogP contribution in [0.3, 0.4) is 0 Å². The first-order valence-electron chi connectivity index (χ1n) is 12.1. The molecule has 3 aliphatic rings. The van der Waals surface area contributed by atoms with Crippen LogP contribution in [0.15, 0.2) is 72.8 Å². The van der Waals surface area contributed by atoms with Crippen LogP contribution in [0, 0.1) is 11.2 Å². The first-order chi connectivity index (χ1) is 17.8. The summed E-state index contributed by atoms with van der Waals surface area (Å²) in [6.45, 7) is 2.86. The summed E-state index contributed by atoms with van der Waals surface area (Å²) in [7, 11) is 0. The Hall–Kier alpha value is -4.39. The number of amides is 1. The quantitative estimate of drug-likeness (QED) is 0.529. The molecular formula is C30H23FN2O4. The van der Waals surface area contributed by atoms with Crippen molar-refractivity contribution in [3.8, 4) is 0 Å². The third kappa shape index (κ3) is 3.03. The van der Waals surface area contributed by atoms with Crippen molar-refractivity contribution in [1.29, 1.82) is 0 Å². The molecule has 6 nitrogen and oxygen atoms in total. The molecule has 0 radical (unpaired) electrons. The van der Waals surface area contributed by atoms with Crippen molar-refractivity contribution in [2.75, 3.05) is 10.2 Å². The van der Waals surface area contributed by atoms with Gasteiger partial charge in [-0.05, 0) is 36.8 Å². The summed E-state index contributed by atoms with van der Waals surface area (Å²) in [5.74, 6) is -2.46. The molecular weight excluding hydrogens is 471 g/mol. The molecule has 7 heteroatoms. The van der Waals surface area contributed by atoms with Crippen LogP contribution in [-0.4, -0.2) is 35.3 Å². The number of hydrogen-bond donors (Lipinski definition) is 1. The molecule has 3 aromatic carbocycles. The van der Waals surface area contributed by atoms with Crippen molar-refractivity contribution in [3.63, 3.8) is 0 Å². The molecule has 37 heavy (non-hydrogen) atoms. The highest BCUT2D eigenvalue weighted by Gasteiger charge is 2.71. The topological polar surface area (TPSA) is 83.6 Å². The van der Waals surface area contributed by atoms with Gasteiger partial charge in [0.25, 0.3) is 0 Å². The van der Waals surface area contributed by atoms with Crippen molar-refractivity contribution in [2.24, 2.45) is 5.41 Å². The Morgan fingerprint density at radius 1 is 0.892 bits per heavy atom. The van der Waals surface area contributed by atoms with Crippen molar-refractivity contribution in [1.82, 2.24) is 0 Å². The van der Waals surface area contributed by atoms with Crippen LogP contribution >= 0.6 is 0 Å². The molecule has 2 aliphatic heterocycles. The summed E-state index contributed by atoms with van der Waals surface area (Å²) in [6, 6.07) is 16.1. The number of fused-ring (bicyclic) bond motifs is 5. The third-order valence-corrected chi connectivity index (χ3v) is 7.80. The zero-order chi connectivity index (χ0) is 26.1. The summed E-state index contributed by atoms with van der Waals surface area (Å²) in [5.41, 5.74) is 1.47. The molecule has 3 atom stereocenters. The summed E-state index contributed by atoms with van der Waals surface area (Å²) in [4.78, 5) is 55.7. The lowest BCUT2D eigenvalue weighted by Gasteiger charge is -2.37. The number of ketones is 3. The van der Waals surface area contributed by atoms with Crippen molar-refractivity contribution in [2.45, 2.75) is 31.8 Å². The molecule has 184 valence electrons. The third-order valence-electron chi connectivity index (χ3n) is 7.80. The normalized spacial score (nSPS) is 22.6. The number of anilines is 2. The van der Waals surface area contributed by atoms with Gasteiger partial charge in [0.15, 0.2) is 17.3 Å². The molecule has 1 N–H and O–H groups in total. The van der Waals surface area contributed by atoms with Gasteiger partial charge in [-0.1, -0.05) is 54.6 Å². The first kappa shape index (κ1) is 23.0. The van der Waals surface area contributed by atoms with Crippen LogP contribution in [0.2, 0.25) is 0 Å². The van der Waals surface area contributed by atoms with E-state index in [1.54, 1.807) is 60.7 Å². The van der Waals surface area contributed by atoms with Gasteiger partial charge in [0.2, 0.25) is 5.91 Å². The van der Waals surface area contributed by atoms with Crippen LogP contribution in [0.1, 0.15) is 51.6 Å². The van der Waals surface area contributed by atoms with Crippen LogP contribution in [-0.2, 0) is 9.59 Å². The summed E-state index contributed by atoms with van der Waals surface area (Å²) in [5, 5.41) is 2.82. The van der Waals surface area contributed by atoms with Crippen LogP contribution in [0.4, 0.5) is 15.8 Å². The number of benzene rings is 3. The Morgan fingerprint density at radius 2 is 1.54 bits per heavy atom. The smallest absolute Gasteiger partial charge is 0.221 e. The number of carbonyl (C=O) groups is 4. The lowest BCUT2D eigenvalue weighted by atomic mass is 9.64. The van der Waals surface area contributed by atoms with E-state index >= 15 is 0 Å². The maximum Gasteiger partial charge on any atom is 0.221 e. The van der Waals surface area contributed by atoms with E-state index in [0.29, 0.717) is 33.6 Å². The van der Waals surface area contributed by atoms with Gasteiger partial charge in [0.05, 0.1) is 17.8 Å². The minimum atomic E-state index is -1.62. The second-order valence-corrected chi connectivity index (χ2v) is 9.79. The zero-order valence-electron chi connectivity index (χ0n) is 20.2. The predicted molar refractivity (Wildman–Crippen MR) is 137 cm³/mol. The van der Waals surface area contributed by atoms with Gasteiger partial charge in [0, 0.05) is 35.2 Å². The van der Waals surface area contributed by atoms with E-state index in [-0.39, 0.29) is 23.3 Å². The number of hydrogen-bond acceptors (Lipinski definition) is 5. The fraction of sp³-hybridized carbons (Fsp3) is 0.200. The number of halogens is 1. The van der Waals surface area contributed by atoms with Gasteiger partial charge in [-0.15, -0.1) is 0 Å². The highest BCUT2D eigenvalue weighted by atomic mass is 19.1. The number of nitrogens with one attached hydrogen (secondary N) is 1. The first-order valence-corrected chi connectivity index (χ1v) is 12.1. The Kier molecular flexibility index (Phi) is 5.02. The molecule has 0 unspecified atom stereocenters. The number of nitrogens with zero attached hydrogens (tertiary/aromatic N) is 1. The van der Waals surface area contributed by atoms with Crippen molar-refractivity contribution in [3.05, 3.63) is 101 Å². The monoisotopic (exact) mass is 494 g/mol. The van der Waals surface area contributed by atoms with Gasteiger partial charge in [0.1, 0.15) is 11.2 Å². The summed E-state index contributed by atoms with van der Waals surface area (Å²) in [6.07, 6.45) is 3.59. The van der Waals surface area contributed by atoms with Gasteiger partial charge in [-0.25, -0.2) is 4.39 Å². The van der Waals surface area contributed by atoms with E-state index in [9.17, 15) is 23.6 Å². The van der Waals surface area contributed by atoms with E-state index in [1.807, 2.05) is 11.0 Å². The van der Waals surface area contributed by atoms with E-state index in [0.717, 1.165) is 0 Å².